The zero-order chi connectivity index (χ0) is 13.5. The molecule has 0 amide bonds. The number of nitrogens with one attached hydrogen (secondary N) is 1. The summed E-state index contributed by atoms with van der Waals surface area (Å²) in [4.78, 5) is 4.43. The van der Waals surface area contributed by atoms with Gasteiger partial charge in [-0.3, -0.25) is 4.99 Å². The molecule has 0 bridgehead atoms. The number of hydrogen-bond acceptors (Lipinski definition) is 3. The van der Waals surface area contributed by atoms with Gasteiger partial charge in [-0.2, -0.15) is 0 Å². The van der Waals surface area contributed by atoms with Gasteiger partial charge in [0.2, 0.25) is 0 Å². The summed E-state index contributed by atoms with van der Waals surface area (Å²) in [5, 5.41) is 3.39. The molecule has 2 heterocycles. The Morgan fingerprint density at radius 1 is 1.30 bits per heavy atom. The van der Waals surface area contributed by atoms with E-state index in [0.717, 1.165) is 32.5 Å². The maximum Gasteiger partial charge on any atom is 0.188 e. The second kappa shape index (κ2) is 6.36. The molecule has 3 aliphatic rings. The Balaban J connectivity index is 0.00000147. The average molecular weight is 395 g/mol. The minimum absolute atomic E-state index is 0. The molecule has 116 valence electrons. The number of hydrogen-bond donors (Lipinski definition) is 2. The highest BCUT2D eigenvalue weighted by atomic mass is 127. The summed E-state index contributed by atoms with van der Waals surface area (Å²) < 4.78 is 11.3. The lowest BCUT2D eigenvalue weighted by atomic mass is 9.57. The molecule has 4 atom stereocenters. The van der Waals surface area contributed by atoms with Crippen LogP contribution >= 0.6 is 24.0 Å². The van der Waals surface area contributed by atoms with Crippen LogP contribution < -0.4 is 11.1 Å². The van der Waals surface area contributed by atoms with Gasteiger partial charge in [0, 0.05) is 30.6 Å². The molecule has 0 aromatic carbocycles. The Kier molecular flexibility index (Phi) is 5.18. The van der Waals surface area contributed by atoms with E-state index in [9.17, 15) is 0 Å². The Morgan fingerprint density at radius 2 is 2.10 bits per heavy atom. The average Bonchev–Trinajstić information content (AvgIpc) is 3.03. The molecule has 0 aromatic heterocycles. The van der Waals surface area contributed by atoms with Crippen molar-refractivity contribution in [1.82, 2.24) is 5.32 Å². The number of nitrogens with zero attached hydrogens (tertiary/aromatic N) is 1. The van der Waals surface area contributed by atoms with Gasteiger partial charge in [-0.25, -0.2) is 0 Å². The van der Waals surface area contributed by atoms with Gasteiger partial charge in [-0.15, -0.1) is 24.0 Å². The fourth-order valence-electron chi connectivity index (χ4n) is 3.81. The first-order valence-corrected chi connectivity index (χ1v) is 7.38. The molecule has 6 heteroatoms. The summed E-state index contributed by atoms with van der Waals surface area (Å²) in [6.45, 7) is 6.90. The van der Waals surface area contributed by atoms with Crippen molar-refractivity contribution in [3.8, 4) is 0 Å². The molecule has 0 radical (unpaired) electrons. The first-order valence-electron chi connectivity index (χ1n) is 7.38. The van der Waals surface area contributed by atoms with E-state index in [-0.39, 0.29) is 35.5 Å². The predicted octanol–water partition coefficient (Wildman–Crippen LogP) is 1.50. The fourth-order valence-corrected chi connectivity index (χ4v) is 3.81. The van der Waals surface area contributed by atoms with Crippen molar-refractivity contribution in [3.05, 3.63) is 0 Å². The van der Waals surface area contributed by atoms with E-state index < -0.39 is 0 Å². The van der Waals surface area contributed by atoms with E-state index in [1.54, 1.807) is 0 Å². The van der Waals surface area contributed by atoms with Crippen LogP contribution in [0.2, 0.25) is 0 Å². The Morgan fingerprint density at radius 3 is 2.80 bits per heavy atom. The minimum atomic E-state index is 0. The summed E-state index contributed by atoms with van der Waals surface area (Å²) in [5.74, 6) is 1.14. The van der Waals surface area contributed by atoms with Crippen molar-refractivity contribution in [2.24, 2.45) is 22.1 Å². The molecule has 3 N–H and O–H groups in total. The highest BCUT2D eigenvalue weighted by Gasteiger charge is 2.59. The van der Waals surface area contributed by atoms with Crippen LogP contribution in [0.1, 0.15) is 33.1 Å². The van der Waals surface area contributed by atoms with E-state index >= 15 is 0 Å². The maximum absolute atomic E-state index is 6.01. The summed E-state index contributed by atoms with van der Waals surface area (Å²) in [7, 11) is 0. The second-order valence-corrected chi connectivity index (χ2v) is 6.55. The molecule has 3 rings (SSSR count). The van der Waals surface area contributed by atoms with E-state index in [1.165, 1.54) is 0 Å². The van der Waals surface area contributed by atoms with Gasteiger partial charge in [0.15, 0.2) is 5.96 Å². The van der Waals surface area contributed by atoms with Gasteiger partial charge < -0.3 is 20.5 Å². The molecule has 3 fully saturated rings. The zero-order valence-electron chi connectivity index (χ0n) is 12.3. The van der Waals surface area contributed by atoms with Gasteiger partial charge >= 0.3 is 0 Å². The summed E-state index contributed by atoms with van der Waals surface area (Å²) in [6.07, 6.45) is 4.02. The molecule has 20 heavy (non-hydrogen) atoms. The van der Waals surface area contributed by atoms with Gasteiger partial charge in [0.25, 0.3) is 0 Å². The van der Waals surface area contributed by atoms with Crippen LogP contribution in [0.4, 0.5) is 0 Å². The van der Waals surface area contributed by atoms with Crippen molar-refractivity contribution in [1.29, 1.82) is 0 Å². The van der Waals surface area contributed by atoms with Crippen molar-refractivity contribution < 1.29 is 9.47 Å². The van der Waals surface area contributed by atoms with Crippen LogP contribution in [0.5, 0.6) is 0 Å². The molecule has 1 aliphatic carbocycles. The van der Waals surface area contributed by atoms with Crippen LogP contribution in [0.15, 0.2) is 4.99 Å². The minimum Gasteiger partial charge on any atom is -0.377 e. The molecule has 0 spiro atoms. The fraction of sp³-hybridized carbons (Fsp3) is 0.929. The molecular weight excluding hydrogens is 369 g/mol. The van der Waals surface area contributed by atoms with E-state index in [2.05, 4.69) is 24.2 Å². The number of halogens is 1. The quantitative estimate of drug-likeness (QED) is 0.432. The first kappa shape index (κ1) is 16.3. The van der Waals surface area contributed by atoms with Crippen molar-refractivity contribution >= 4 is 29.9 Å². The number of fused-ring (bicyclic) bond motifs is 1. The lowest BCUT2D eigenvalue weighted by Gasteiger charge is -2.54. The third kappa shape index (κ3) is 2.92. The molecule has 0 aromatic rings. The first-order chi connectivity index (χ1) is 9.09. The number of aliphatic imine (C=N–C) groups is 1. The van der Waals surface area contributed by atoms with Crippen LogP contribution in [0.25, 0.3) is 0 Å². The van der Waals surface area contributed by atoms with Gasteiger partial charge in [0.05, 0.1) is 18.8 Å². The lowest BCUT2D eigenvalue weighted by Crippen LogP contribution is -2.67. The van der Waals surface area contributed by atoms with Gasteiger partial charge in [-0.1, -0.05) is 13.8 Å². The standard InChI is InChI=1S/C14H25N3O2.HI/c1-14(2)11(10-5-7-19-12(10)14)17-13(15)16-8-9-4-3-6-18-9;/h9-12H,3-8H2,1-2H3,(H3,15,16,17);1H. The summed E-state index contributed by atoms with van der Waals surface area (Å²) in [6, 6.07) is 0.383. The molecule has 2 saturated heterocycles. The third-order valence-corrected chi connectivity index (χ3v) is 4.89. The molecular formula is C14H26IN3O2. The number of rotatable bonds is 3. The second-order valence-electron chi connectivity index (χ2n) is 6.55. The van der Waals surface area contributed by atoms with Crippen molar-refractivity contribution in [3.63, 3.8) is 0 Å². The topological polar surface area (TPSA) is 68.9 Å². The Bertz CT molecular complexity index is 369. The highest BCUT2D eigenvalue weighted by molar-refractivity contribution is 14.0. The molecule has 4 unspecified atom stereocenters. The number of ether oxygens (including phenoxy) is 2. The Hall–Kier alpha value is -0.0800. The zero-order valence-corrected chi connectivity index (χ0v) is 14.6. The smallest absolute Gasteiger partial charge is 0.188 e. The van der Waals surface area contributed by atoms with E-state index in [1.807, 2.05) is 0 Å². The predicted molar refractivity (Wildman–Crippen MR) is 89.4 cm³/mol. The van der Waals surface area contributed by atoms with Crippen molar-refractivity contribution in [2.45, 2.75) is 51.4 Å². The monoisotopic (exact) mass is 395 g/mol. The third-order valence-electron chi connectivity index (χ3n) is 4.89. The largest absolute Gasteiger partial charge is 0.377 e. The molecule has 5 nitrogen and oxygen atoms in total. The summed E-state index contributed by atoms with van der Waals surface area (Å²) >= 11 is 0. The highest BCUT2D eigenvalue weighted by Crippen LogP contribution is 2.51. The van der Waals surface area contributed by atoms with Gasteiger partial charge in [0.1, 0.15) is 0 Å². The normalized spacial score (nSPS) is 38.8. The van der Waals surface area contributed by atoms with Crippen molar-refractivity contribution in [2.75, 3.05) is 19.8 Å². The number of guanidine groups is 1. The Labute approximate surface area is 138 Å². The lowest BCUT2D eigenvalue weighted by molar-refractivity contribution is -0.106. The van der Waals surface area contributed by atoms with E-state index in [4.69, 9.17) is 15.2 Å². The van der Waals surface area contributed by atoms with Crippen LogP contribution in [-0.2, 0) is 9.47 Å². The van der Waals surface area contributed by atoms with Crippen LogP contribution in [-0.4, -0.2) is 44.0 Å². The van der Waals surface area contributed by atoms with Crippen LogP contribution in [0.3, 0.4) is 0 Å². The van der Waals surface area contributed by atoms with Gasteiger partial charge in [-0.05, 0) is 19.3 Å². The number of nitrogens with two attached hydrogens (primary N) is 1. The van der Waals surface area contributed by atoms with E-state index in [0.29, 0.717) is 30.6 Å². The summed E-state index contributed by atoms with van der Waals surface area (Å²) in [5.41, 5.74) is 6.15. The molecule has 2 aliphatic heterocycles. The van der Waals surface area contributed by atoms with Crippen LogP contribution in [0, 0.1) is 11.3 Å². The maximum atomic E-state index is 6.01. The SMILES string of the molecule is CC1(C)C(NC(N)=NCC2CCCO2)C2CCOC21.I. The molecule has 1 saturated carbocycles.